The number of ketones is 1. The topological polar surface area (TPSA) is 100 Å². The number of likely N-dealkylation sites (tertiary alicyclic amines) is 1. The highest BCUT2D eigenvalue weighted by Gasteiger charge is 2.46. The van der Waals surface area contributed by atoms with E-state index in [1.807, 2.05) is 0 Å². The van der Waals surface area contributed by atoms with Crippen LogP contribution >= 0.6 is 0 Å². The molecule has 1 fully saturated rings. The molecule has 3 aromatic rings. The van der Waals surface area contributed by atoms with Gasteiger partial charge in [0.2, 0.25) is 0 Å². The van der Waals surface area contributed by atoms with Crippen LogP contribution in [0.4, 0.5) is 0 Å². The number of phenolic OH excluding ortho intramolecular Hbond substituents is 1. The van der Waals surface area contributed by atoms with Gasteiger partial charge in [-0.1, -0.05) is 12.1 Å². The standard InChI is InChI=1S/C23H19NO6/c1-29-17-10-6-15(7-11-17)21(26)19-20(14-4-8-16(25)9-5-14)24(23(28)22(19)27)13-18-3-2-12-30-18/h2-12,20,25-26H,13H2,1H3/t20-/m0/s1. The van der Waals surface area contributed by atoms with E-state index < -0.39 is 17.7 Å². The van der Waals surface area contributed by atoms with Crippen molar-refractivity contribution in [1.29, 1.82) is 0 Å². The molecule has 1 saturated heterocycles. The number of furan rings is 1. The molecule has 2 N–H and O–H groups in total. The monoisotopic (exact) mass is 405 g/mol. The second kappa shape index (κ2) is 7.79. The van der Waals surface area contributed by atoms with Gasteiger partial charge in [0.25, 0.3) is 11.7 Å². The van der Waals surface area contributed by atoms with Gasteiger partial charge < -0.3 is 24.3 Å². The molecule has 152 valence electrons. The van der Waals surface area contributed by atoms with Crippen LogP contribution in [0.5, 0.6) is 11.5 Å². The number of Topliss-reactive ketones (excluding diaryl/α,β-unsaturated/α-hetero) is 1. The van der Waals surface area contributed by atoms with Gasteiger partial charge in [0, 0.05) is 5.56 Å². The van der Waals surface area contributed by atoms with Gasteiger partial charge in [-0.15, -0.1) is 0 Å². The maximum atomic E-state index is 12.9. The zero-order valence-corrected chi connectivity index (χ0v) is 16.1. The average Bonchev–Trinajstić information content (AvgIpc) is 3.36. The number of benzene rings is 2. The summed E-state index contributed by atoms with van der Waals surface area (Å²) in [7, 11) is 1.53. The van der Waals surface area contributed by atoms with Crippen molar-refractivity contribution in [3.63, 3.8) is 0 Å². The molecule has 0 spiro atoms. The molecule has 1 atom stereocenters. The van der Waals surface area contributed by atoms with E-state index in [1.54, 1.807) is 48.5 Å². The molecule has 1 amide bonds. The average molecular weight is 405 g/mol. The van der Waals surface area contributed by atoms with Gasteiger partial charge in [0.1, 0.15) is 23.0 Å². The molecule has 2 heterocycles. The molecular formula is C23H19NO6. The molecule has 2 aromatic carbocycles. The number of carbonyl (C=O) groups excluding carboxylic acids is 2. The lowest BCUT2D eigenvalue weighted by Crippen LogP contribution is -2.29. The minimum Gasteiger partial charge on any atom is -0.508 e. The quantitative estimate of drug-likeness (QED) is 0.382. The molecule has 1 aliphatic rings. The van der Waals surface area contributed by atoms with Crippen molar-refractivity contribution in [2.24, 2.45) is 0 Å². The molecular weight excluding hydrogens is 386 g/mol. The number of hydrogen-bond donors (Lipinski definition) is 2. The molecule has 1 aliphatic heterocycles. The summed E-state index contributed by atoms with van der Waals surface area (Å²) in [5.41, 5.74) is 0.937. The van der Waals surface area contributed by atoms with Gasteiger partial charge in [0.05, 0.1) is 31.5 Å². The van der Waals surface area contributed by atoms with Crippen molar-refractivity contribution in [3.8, 4) is 11.5 Å². The zero-order valence-electron chi connectivity index (χ0n) is 16.1. The molecule has 0 unspecified atom stereocenters. The number of methoxy groups -OCH3 is 1. The minimum atomic E-state index is -0.835. The number of amides is 1. The fourth-order valence-corrected chi connectivity index (χ4v) is 3.52. The maximum Gasteiger partial charge on any atom is 0.296 e. The molecule has 1 aromatic heterocycles. The Bertz CT molecular complexity index is 1100. The number of aromatic hydroxyl groups is 1. The summed E-state index contributed by atoms with van der Waals surface area (Å²) >= 11 is 0. The first-order valence-corrected chi connectivity index (χ1v) is 9.23. The van der Waals surface area contributed by atoms with Crippen LogP contribution in [0.3, 0.4) is 0 Å². The molecule has 4 rings (SSSR count). The third-order valence-corrected chi connectivity index (χ3v) is 5.02. The Hall–Kier alpha value is -4.00. The van der Waals surface area contributed by atoms with Crippen molar-refractivity contribution >= 4 is 17.4 Å². The Morgan fingerprint density at radius 1 is 1.07 bits per heavy atom. The summed E-state index contributed by atoms with van der Waals surface area (Å²) in [6.45, 7) is 0.0580. The number of ether oxygens (including phenoxy) is 1. The van der Waals surface area contributed by atoms with Crippen LogP contribution in [0, 0.1) is 0 Å². The Morgan fingerprint density at radius 3 is 2.37 bits per heavy atom. The Morgan fingerprint density at radius 2 is 1.77 bits per heavy atom. The molecule has 7 nitrogen and oxygen atoms in total. The fourth-order valence-electron chi connectivity index (χ4n) is 3.52. The highest BCUT2D eigenvalue weighted by Crippen LogP contribution is 2.40. The second-order valence-corrected chi connectivity index (χ2v) is 6.83. The van der Waals surface area contributed by atoms with Crippen LogP contribution < -0.4 is 4.74 Å². The van der Waals surface area contributed by atoms with E-state index in [9.17, 15) is 19.8 Å². The lowest BCUT2D eigenvalue weighted by Gasteiger charge is -2.24. The third-order valence-electron chi connectivity index (χ3n) is 5.02. The molecule has 0 bridgehead atoms. The number of phenols is 1. The Kier molecular flexibility index (Phi) is 5.02. The van der Waals surface area contributed by atoms with Gasteiger partial charge in [-0.25, -0.2) is 0 Å². The maximum absolute atomic E-state index is 12.9. The predicted molar refractivity (Wildman–Crippen MR) is 108 cm³/mol. The summed E-state index contributed by atoms with van der Waals surface area (Å²) in [5.74, 6) is -0.648. The van der Waals surface area contributed by atoms with E-state index in [1.165, 1.54) is 30.4 Å². The number of carbonyl (C=O) groups is 2. The largest absolute Gasteiger partial charge is 0.508 e. The van der Waals surface area contributed by atoms with Crippen molar-refractivity contribution in [2.45, 2.75) is 12.6 Å². The number of nitrogens with zero attached hydrogens (tertiary/aromatic N) is 1. The zero-order chi connectivity index (χ0) is 21.3. The highest BCUT2D eigenvalue weighted by molar-refractivity contribution is 6.46. The first-order chi connectivity index (χ1) is 14.5. The van der Waals surface area contributed by atoms with Crippen LogP contribution in [-0.4, -0.2) is 33.9 Å². The first kappa shape index (κ1) is 19.3. The molecule has 0 radical (unpaired) electrons. The van der Waals surface area contributed by atoms with Gasteiger partial charge in [-0.05, 0) is 54.1 Å². The molecule has 7 heteroatoms. The summed E-state index contributed by atoms with van der Waals surface area (Å²) in [4.78, 5) is 27.1. The third kappa shape index (κ3) is 3.41. The second-order valence-electron chi connectivity index (χ2n) is 6.83. The first-order valence-electron chi connectivity index (χ1n) is 9.23. The Balaban J connectivity index is 1.84. The van der Waals surface area contributed by atoms with Crippen molar-refractivity contribution in [1.82, 2.24) is 4.90 Å². The smallest absolute Gasteiger partial charge is 0.296 e. The van der Waals surface area contributed by atoms with E-state index in [4.69, 9.17) is 9.15 Å². The highest BCUT2D eigenvalue weighted by atomic mass is 16.5. The van der Waals surface area contributed by atoms with Crippen LogP contribution in [0.2, 0.25) is 0 Å². The van der Waals surface area contributed by atoms with E-state index in [0.717, 1.165) is 0 Å². The van der Waals surface area contributed by atoms with Gasteiger partial charge in [-0.2, -0.15) is 0 Å². The summed E-state index contributed by atoms with van der Waals surface area (Å²) in [6.07, 6.45) is 1.48. The number of aliphatic hydroxyl groups excluding tert-OH is 1. The summed E-state index contributed by atoms with van der Waals surface area (Å²) in [5, 5.41) is 20.6. The summed E-state index contributed by atoms with van der Waals surface area (Å²) < 4.78 is 10.5. The van der Waals surface area contributed by atoms with Gasteiger partial charge in [0.15, 0.2) is 0 Å². The van der Waals surface area contributed by atoms with Gasteiger partial charge in [-0.3, -0.25) is 9.59 Å². The number of rotatable bonds is 5. The predicted octanol–water partition coefficient (Wildman–Crippen LogP) is 3.62. The fraction of sp³-hybridized carbons (Fsp3) is 0.130. The number of hydrogen-bond acceptors (Lipinski definition) is 6. The molecule has 30 heavy (non-hydrogen) atoms. The van der Waals surface area contributed by atoms with Crippen LogP contribution in [0.1, 0.15) is 22.9 Å². The van der Waals surface area contributed by atoms with Crippen LogP contribution in [0.15, 0.2) is 76.9 Å². The molecule has 0 aliphatic carbocycles. The summed E-state index contributed by atoms with van der Waals surface area (Å²) in [6, 6.07) is 15.3. The van der Waals surface area contributed by atoms with Crippen molar-refractivity contribution in [2.75, 3.05) is 7.11 Å². The van der Waals surface area contributed by atoms with Gasteiger partial charge >= 0.3 is 0 Å². The van der Waals surface area contributed by atoms with E-state index in [0.29, 0.717) is 22.6 Å². The van der Waals surface area contributed by atoms with E-state index >= 15 is 0 Å². The lowest BCUT2D eigenvalue weighted by molar-refractivity contribution is -0.140. The molecule has 0 saturated carbocycles. The Labute approximate surface area is 172 Å². The van der Waals surface area contributed by atoms with Crippen molar-refractivity contribution in [3.05, 3.63) is 89.4 Å². The SMILES string of the molecule is COc1ccc(C(O)=C2C(=O)C(=O)N(Cc3ccco3)[C@H]2c2ccc(O)cc2)cc1. The van der Waals surface area contributed by atoms with E-state index in [-0.39, 0.29) is 23.6 Å². The normalized spacial score (nSPS) is 18.0. The minimum absolute atomic E-state index is 0.0255. The number of aliphatic hydroxyl groups is 1. The lowest BCUT2D eigenvalue weighted by atomic mass is 9.95. The van der Waals surface area contributed by atoms with Crippen molar-refractivity contribution < 1.29 is 29.0 Å². The van der Waals surface area contributed by atoms with Crippen LogP contribution in [0.25, 0.3) is 5.76 Å². The van der Waals surface area contributed by atoms with Crippen LogP contribution in [-0.2, 0) is 16.1 Å². The van der Waals surface area contributed by atoms with E-state index in [2.05, 4.69) is 0 Å².